The van der Waals surface area contributed by atoms with Crippen molar-refractivity contribution >= 4 is 6.03 Å². The largest absolute Gasteiger partial charge is 0.464 e. The van der Waals surface area contributed by atoms with Crippen LogP contribution in [0.5, 0.6) is 0 Å². The van der Waals surface area contributed by atoms with Gasteiger partial charge in [-0.3, -0.25) is 4.98 Å². The van der Waals surface area contributed by atoms with E-state index >= 15 is 0 Å². The monoisotopic (exact) mass is 313 g/mol. The van der Waals surface area contributed by atoms with Gasteiger partial charge in [-0.15, -0.1) is 0 Å². The van der Waals surface area contributed by atoms with Crippen LogP contribution >= 0.6 is 0 Å². The third-order valence-corrected chi connectivity index (χ3v) is 4.38. The van der Waals surface area contributed by atoms with Crippen molar-refractivity contribution in [3.63, 3.8) is 0 Å². The summed E-state index contributed by atoms with van der Waals surface area (Å²) < 4.78 is 5.78. The topological polar surface area (TPSA) is 58.4 Å². The molecular formula is C18H23N3O2. The lowest BCUT2D eigenvalue weighted by molar-refractivity contribution is 0.119. The molecule has 1 aliphatic rings. The number of carbonyl (C=O) groups is 1. The van der Waals surface area contributed by atoms with E-state index in [0.717, 1.165) is 36.5 Å². The molecule has 1 saturated heterocycles. The number of furan rings is 1. The van der Waals surface area contributed by atoms with Crippen LogP contribution in [0.25, 0.3) is 0 Å². The molecule has 0 aromatic carbocycles. The highest BCUT2D eigenvalue weighted by Gasteiger charge is 2.32. The summed E-state index contributed by atoms with van der Waals surface area (Å²) in [6, 6.07) is 7.75. The fraction of sp³-hybridized carbons (Fsp3) is 0.444. The number of carbonyl (C=O) groups excluding carboxylic acids is 1. The van der Waals surface area contributed by atoms with Crippen LogP contribution in [0.3, 0.4) is 0 Å². The van der Waals surface area contributed by atoms with Gasteiger partial charge in [-0.25, -0.2) is 4.79 Å². The Labute approximate surface area is 136 Å². The molecule has 3 rings (SSSR count). The first-order valence-electron chi connectivity index (χ1n) is 8.13. The van der Waals surface area contributed by atoms with Gasteiger partial charge in [-0.2, -0.15) is 0 Å². The molecule has 2 aromatic rings. The lowest BCUT2D eigenvalue weighted by Crippen LogP contribution is -2.45. The zero-order valence-electron chi connectivity index (χ0n) is 13.7. The van der Waals surface area contributed by atoms with E-state index in [0.29, 0.717) is 12.5 Å². The molecule has 0 unspecified atom stereocenters. The Kier molecular flexibility index (Phi) is 4.65. The smallest absolute Gasteiger partial charge is 0.318 e. The number of aryl methyl sites for hydroxylation is 1. The molecule has 0 spiro atoms. The molecule has 0 radical (unpaired) electrons. The van der Waals surface area contributed by atoms with E-state index in [1.807, 2.05) is 36.1 Å². The van der Waals surface area contributed by atoms with Gasteiger partial charge in [0.2, 0.25) is 0 Å². The highest BCUT2D eigenvalue weighted by atomic mass is 16.3. The third-order valence-electron chi connectivity index (χ3n) is 4.38. The zero-order chi connectivity index (χ0) is 16.2. The fourth-order valence-corrected chi connectivity index (χ4v) is 3.07. The Bertz CT molecular complexity index is 653. The molecule has 5 heteroatoms. The van der Waals surface area contributed by atoms with E-state index in [2.05, 4.69) is 17.2 Å². The lowest BCUT2D eigenvalue weighted by atomic mass is 9.91. The number of rotatable bonds is 3. The highest BCUT2D eigenvalue weighted by molar-refractivity contribution is 5.74. The molecule has 1 N–H and O–H groups in total. The quantitative estimate of drug-likeness (QED) is 0.940. The van der Waals surface area contributed by atoms with Crippen LogP contribution in [-0.2, 0) is 6.54 Å². The normalized spacial score (nSPS) is 21.2. The maximum atomic E-state index is 12.6. The van der Waals surface area contributed by atoms with E-state index in [1.54, 1.807) is 12.4 Å². The molecule has 0 saturated carbocycles. The number of hydrogen-bond acceptors (Lipinski definition) is 3. The van der Waals surface area contributed by atoms with Gasteiger partial charge in [0.1, 0.15) is 11.5 Å². The molecule has 1 fully saturated rings. The number of likely N-dealkylation sites (tertiary alicyclic amines) is 1. The second kappa shape index (κ2) is 6.86. The number of nitrogens with zero attached hydrogens (tertiary/aromatic N) is 2. The van der Waals surface area contributed by atoms with Crippen molar-refractivity contribution in [2.24, 2.45) is 5.92 Å². The minimum Gasteiger partial charge on any atom is -0.464 e. The van der Waals surface area contributed by atoms with Crippen molar-refractivity contribution in [1.82, 2.24) is 15.2 Å². The van der Waals surface area contributed by atoms with E-state index in [-0.39, 0.29) is 12.1 Å². The SMILES string of the molecule is Cc1ccc([C@H]2C[C@@H](C)CCN2C(=O)NCc2cccnc2)o1. The fourth-order valence-electron chi connectivity index (χ4n) is 3.07. The molecule has 5 nitrogen and oxygen atoms in total. The first-order valence-corrected chi connectivity index (χ1v) is 8.13. The molecule has 1 aliphatic heterocycles. The summed E-state index contributed by atoms with van der Waals surface area (Å²) in [6.07, 6.45) is 5.46. The Morgan fingerprint density at radius 2 is 2.30 bits per heavy atom. The van der Waals surface area contributed by atoms with Crippen LogP contribution in [0, 0.1) is 12.8 Å². The molecule has 2 aromatic heterocycles. The maximum absolute atomic E-state index is 12.6. The molecule has 2 atom stereocenters. The van der Waals surface area contributed by atoms with Gasteiger partial charge in [0.25, 0.3) is 0 Å². The van der Waals surface area contributed by atoms with Crippen LogP contribution in [0.4, 0.5) is 4.79 Å². The van der Waals surface area contributed by atoms with E-state index in [4.69, 9.17) is 4.42 Å². The Hall–Kier alpha value is -2.30. The lowest BCUT2D eigenvalue weighted by Gasteiger charge is -2.37. The molecular weight excluding hydrogens is 290 g/mol. The molecule has 3 heterocycles. The van der Waals surface area contributed by atoms with Crippen molar-refractivity contribution in [2.75, 3.05) is 6.54 Å². The average molecular weight is 313 g/mol. The van der Waals surface area contributed by atoms with Crippen LogP contribution in [0.15, 0.2) is 41.1 Å². The number of pyridine rings is 1. The second-order valence-electron chi connectivity index (χ2n) is 6.31. The number of nitrogens with one attached hydrogen (secondary N) is 1. The van der Waals surface area contributed by atoms with Gasteiger partial charge >= 0.3 is 6.03 Å². The van der Waals surface area contributed by atoms with Crippen molar-refractivity contribution in [3.05, 3.63) is 53.7 Å². The van der Waals surface area contributed by atoms with Crippen molar-refractivity contribution in [3.8, 4) is 0 Å². The van der Waals surface area contributed by atoms with Gasteiger partial charge < -0.3 is 14.6 Å². The summed E-state index contributed by atoms with van der Waals surface area (Å²) in [4.78, 5) is 18.6. The van der Waals surface area contributed by atoms with E-state index in [9.17, 15) is 4.79 Å². The van der Waals surface area contributed by atoms with Crippen LogP contribution in [-0.4, -0.2) is 22.5 Å². The number of amides is 2. The molecule has 2 amide bonds. The summed E-state index contributed by atoms with van der Waals surface area (Å²) >= 11 is 0. The molecule has 0 bridgehead atoms. The van der Waals surface area contributed by atoms with Crippen LogP contribution < -0.4 is 5.32 Å². The van der Waals surface area contributed by atoms with Gasteiger partial charge in [-0.1, -0.05) is 13.0 Å². The molecule has 122 valence electrons. The minimum absolute atomic E-state index is 0.0151. The highest BCUT2D eigenvalue weighted by Crippen LogP contribution is 2.34. The summed E-state index contributed by atoms with van der Waals surface area (Å²) in [5, 5.41) is 3.00. The summed E-state index contributed by atoms with van der Waals surface area (Å²) in [6.45, 7) is 5.41. The van der Waals surface area contributed by atoms with Crippen molar-refractivity contribution in [2.45, 2.75) is 39.3 Å². The minimum atomic E-state index is -0.0418. The Morgan fingerprint density at radius 1 is 1.43 bits per heavy atom. The van der Waals surface area contributed by atoms with E-state index < -0.39 is 0 Å². The number of piperidine rings is 1. The summed E-state index contributed by atoms with van der Waals surface area (Å²) in [7, 11) is 0. The first kappa shape index (κ1) is 15.6. The maximum Gasteiger partial charge on any atom is 0.318 e. The van der Waals surface area contributed by atoms with Crippen LogP contribution in [0.1, 0.15) is 42.9 Å². The molecule has 0 aliphatic carbocycles. The Balaban J connectivity index is 1.69. The number of hydrogen-bond donors (Lipinski definition) is 1. The van der Waals surface area contributed by atoms with Crippen molar-refractivity contribution in [1.29, 1.82) is 0 Å². The first-order chi connectivity index (χ1) is 11.1. The summed E-state index contributed by atoms with van der Waals surface area (Å²) in [5.41, 5.74) is 0.997. The van der Waals surface area contributed by atoms with E-state index in [1.165, 1.54) is 0 Å². The zero-order valence-corrected chi connectivity index (χ0v) is 13.7. The third kappa shape index (κ3) is 3.73. The average Bonchev–Trinajstić information content (AvgIpc) is 3.00. The number of urea groups is 1. The standard InChI is InChI=1S/C18H23N3O2/c1-13-7-9-21(16(10-13)17-6-5-14(2)23-17)18(22)20-12-15-4-3-8-19-11-15/h3-6,8,11,13,16H,7,9-10,12H2,1-2H3,(H,20,22)/t13-,16+/m0/s1. The summed E-state index contributed by atoms with van der Waals surface area (Å²) in [5.74, 6) is 2.35. The predicted molar refractivity (Wildman–Crippen MR) is 87.8 cm³/mol. The van der Waals surface area contributed by atoms with Gasteiger partial charge in [0.05, 0.1) is 6.04 Å². The van der Waals surface area contributed by atoms with Crippen molar-refractivity contribution < 1.29 is 9.21 Å². The van der Waals surface area contributed by atoms with Gasteiger partial charge in [0, 0.05) is 25.5 Å². The van der Waals surface area contributed by atoms with Crippen LogP contribution in [0.2, 0.25) is 0 Å². The van der Waals surface area contributed by atoms with Gasteiger partial charge in [-0.05, 0) is 49.4 Å². The second-order valence-corrected chi connectivity index (χ2v) is 6.31. The number of aromatic nitrogens is 1. The predicted octanol–water partition coefficient (Wildman–Crippen LogP) is 3.67. The van der Waals surface area contributed by atoms with Gasteiger partial charge in [0.15, 0.2) is 0 Å². The molecule has 23 heavy (non-hydrogen) atoms. The Morgan fingerprint density at radius 3 is 3.00 bits per heavy atom.